The van der Waals surface area contributed by atoms with Gasteiger partial charge in [-0.15, -0.1) is 0 Å². The van der Waals surface area contributed by atoms with Gasteiger partial charge in [-0.3, -0.25) is 9.59 Å². The third-order valence-electron chi connectivity index (χ3n) is 3.61. The Morgan fingerprint density at radius 1 is 1.11 bits per heavy atom. The van der Waals surface area contributed by atoms with Crippen molar-refractivity contribution >= 4 is 11.9 Å². The van der Waals surface area contributed by atoms with E-state index >= 15 is 0 Å². The van der Waals surface area contributed by atoms with Crippen LogP contribution in [0.15, 0.2) is 30.3 Å². The lowest BCUT2D eigenvalue weighted by Crippen LogP contribution is -2.33. The topological polar surface area (TPSA) is 63.6 Å². The monoisotopic (exact) mass is 262 g/mol. The second-order valence-corrected chi connectivity index (χ2v) is 4.93. The van der Waals surface area contributed by atoms with Gasteiger partial charge in [0.05, 0.1) is 11.8 Å². The van der Waals surface area contributed by atoms with Crippen molar-refractivity contribution in [3.8, 4) is 0 Å². The predicted octanol–water partition coefficient (Wildman–Crippen LogP) is 2.62. The standard InChI is InChI=1S/C15H18O4/c16-14(17)12-8-4-5-9-13(12)15(18)19-10-11-6-2-1-3-7-11/h1-3,6-7,12-13H,4-5,8-10H2,(H,16,17)/t12-,13+/m1/s1. The molecule has 0 amide bonds. The van der Waals surface area contributed by atoms with Crippen molar-refractivity contribution in [2.45, 2.75) is 32.3 Å². The Bertz CT molecular complexity index is 441. The number of hydrogen-bond acceptors (Lipinski definition) is 3. The van der Waals surface area contributed by atoms with Gasteiger partial charge in [-0.05, 0) is 18.4 Å². The molecular weight excluding hydrogens is 244 g/mol. The van der Waals surface area contributed by atoms with Crippen molar-refractivity contribution in [1.29, 1.82) is 0 Å². The second-order valence-electron chi connectivity index (χ2n) is 4.93. The maximum Gasteiger partial charge on any atom is 0.310 e. The van der Waals surface area contributed by atoms with Crippen LogP contribution in [0.2, 0.25) is 0 Å². The third kappa shape index (κ3) is 3.56. The minimum absolute atomic E-state index is 0.211. The van der Waals surface area contributed by atoms with Gasteiger partial charge in [0, 0.05) is 0 Å². The molecule has 0 bridgehead atoms. The first kappa shape index (κ1) is 13.6. The number of carbonyl (C=O) groups excluding carboxylic acids is 1. The molecule has 2 rings (SSSR count). The molecule has 1 N–H and O–H groups in total. The molecule has 0 radical (unpaired) electrons. The summed E-state index contributed by atoms with van der Waals surface area (Å²) < 4.78 is 5.25. The number of hydrogen-bond donors (Lipinski definition) is 1. The highest BCUT2D eigenvalue weighted by molar-refractivity contribution is 5.81. The summed E-state index contributed by atoms with van der Waals surface area (Å²) in [6.07, 6.45) is 2.96. The lowest BCUT2D eigenvalue weighted by atomic mass is 9.79. The van der Waals surface area contributed by atoms with E-state index in [1.807, 2.05) is 30.3 Å². The van der Waals surface area contributed by atoms with Crippen LogP contribution in [0, 0.1) is 11.8 Å². The zero-order valence-electron chi connectivity index (χ0n) is 10.7. The molecule has 1 aliphatic carbocycles. The molecule has 0 heterocycles. The molecule has 1 saturated carbocycles. The Balaban J connectivity index is 1.93. The van der Waals surface area contributed by atoms with E-state index in [4.69, 9.17) is 9.84 Å². The Morgan fingerprint density at radius 2 is 1.74 bits per heavy atom. The van der Waals surface area contributed by atoms with Crippen LogP contribution in [0.4, 0.5) is 0 Å². The second kappa shape index (κ2) is 6.36. The van der Waals surface area contributed by atoms with E-state index in [0.29, 0.717) is 12.8 Å². The van der Waals surface area contributed by atoms with Gasteiger partial charge < -0.3 is 9.84 Å². The molecule has 0 saturated heterocycles. The molecule has 1 aromatic carbocycles. The molecular formula is C15H18O4. The summed E-state index contributed by atoms with van der Waals surface area (Å²) in [5.41, 5.74) is 0.915. The number of carboxylic acids is 1. The van der Waals surface area contributed by atoms with Crippen LogP contribution in [0.25, 0.3) is 0 Å². The molecule has 4 heteroatoms. The number of aliphatic carboxylic acids is 1. The molecule has 1 aromatic rings. The van der Waals surface area contributed by atoms with E-state index in [-0.39, 0.29) is 12.6 Å². The summed E-state index contributed by atoms with van der Waals surface area (Å²) in [6.45, 7) is 0.211. The van der Waals surface area contributed by atoms with Gasteiger partial charge in [0.2, 0.25) is 0 Å². The van der Waals surface area contributed by atoms with E-state index in [1.165, 1.54) is 0 Å². The predicted molar refractivity (Wildman–Crippen MR) is 69.3 cm³/mol. The van der Waals surface area contributed by atoms with Crippen molar-refractivity contribution < 1.29 is 19.4 Å². The summed E-state index contributed by atoms with van der Waals surface area (Å²) in [4.78, 5) is 23.1. The number of esters is 1. The first-order valence-corrected chi connectivity index (χ1v) is 6.62. The zero-order valence-corrected chi connectivity index (χ0v) is 10.7. The van der Waals surface area contributed by atoms with Crippen LogP contribution in [0.1, 0.15) is 31.2 Å². The number of rotatable bonds is 4. The molecule has 102 valence electrons. The van der Waals surface area contributed by atoms with E-state index in [0.717, 1.165) is 18.4 Å². The van der Waals surface area contributed by atoms with Gasteiger partial charge in [-0.2, -0.15) is 0 Å². The number of carboxylic acid groups (broad SMARTS) is 1. The van der Waals surface area contributed by atoms with Gasteiger partial charge in [0.25, 0.3) is 0 Å². The molecule has 19 heavy (non-hydrogen) atoms. The average molecular weight is 262 g/mol. The molecule has 0 spiro atoms. The highest BCUT2D eigenvalue weighted by Gasteiger charge is 2.36. The lowest BCUT2D eigenvalue weighted by molar-refractivity contribution is -0.160. The van der Waals surface area contributed by atoms with Crippen LogP contribution in [0.5, 0.6) is 0 Å². The van der Waals surface area contributed by atoms with Crippen LogP contribution >= 0.6 is 0 Å². The van der Waals surface area contributed by atoms with Crippen LogP contribution in [-0.2, 0) is 20.9 Å². The quantitative estimate of drug-likeness (QED) is 0.847. The fourth-order valence-corrected chi connectivity index (χ4v) is 2.54. The van der Waals surface area contributed by atoms with Crippen LogP contribution < -0.4 is 0 Å². The minimum atomic E-state index is -0.888. The molecule has 2 atom stereocenters. The fraction of sp³-hybridized carbons (Fsp3) is 0.467. The van der Waals surface area contributed by atoms with Gasteiger partial charge >= 0.3 is 11.9 Å². The largest absolute Gasteiger partial charge is 0.481 e. The van der Waals surface area contributed by atoms with Crippen molar-refractivity contribution in [1.82, 2.24) is 0 Å². The normalized spacial score (nSPS) is 22.7. The molecule has 0 aromatic heterocycles. The zero-order chi connectivity index (χ0) is 13.7. The number of ether oxygens (including phenoxy) is 1. The van der Waals surface area contributed by atoms with Crippen LogP contribution in [-0.4, -0.2) is 17.0 Å². The maximum atomic E-state index is 12.0. The molecule has 0 aliphatic heterocycles. The van der Waals surface area contributed by atoms with E-state index in [9.17, 15) is 9.59 Å². The summed E-state index contributed by atoms with van der Waals surface area (Å²) in [7, 11) is 0. The van der Waals surface area contributed by atoms with Crippen molar-refractivity contribution in [3.63, 3.8) is 0 Å². The van der Waals surface area contributed by atoms with Crippen molar-refractivity contribution in [3.05, 3.63) is 35.9 Å². The smallest absolute Gasteiger partial charge is 0.310 e. The Labute approximate surface area is 112 Å². The summed E-state index contributed by atoms with van der Waals surface area (Å²) in [5.74, 6) is -2.34. The van der Waals surface area contributed by atoms with E-state index in [2.05, 4.69) is 0 Å². The van der Waals surface area contributed by atoms with Crippen molar-refractivity contribution in [2.24, 2.45) is 11.8 Å². The fourth-order valence-electron chi connectivity index (χ4n) is 2.54. The van der Waals surface area contributed by atoms with E-state index < -0.39 is 17.8 Å². The average Bonchev–Trinajstić information content (AvgIpc) is 2.46. The first-order valence-electron chi connectivity index (χ1n) is 6.62. The Morgan fingerprint density at radius 3 is 2.37 bits per heavy atom. The number of carbonyl (C=O) groups is 2. The summed E-state index contributed by atoms with van der Waals surface area (Å²) >= 11 is 0. The van der Waals surface area contributed by atoms with E-state index in [1.54, 1.807) is 0 Å². The number of benzene rings is 1. The molecule has 1 fully saturated rings. The SMILES string of the molecule is O=C(OCc1ccccc1)[C@H]1CCCC[C@H]1C(=O)O. The minimum Gasteiger partial charge on any atom is -0.481 e. The highest BCUT2D eigenvalue weighted by atomic mass is 16.5. The first-order chi connectivity index (χ1) is 9.18. The van der Waals surface area contributed by atoms with Gasteiger partial charge in [0.1, 0.15) is 6.61 Å². The lowest BCUT2D eigenvalue weighted by Gasteiger charge is -2.26. The van der Waals surface area contributed by atoms with Gasteiger partial charge in [-0.25, -0.2) is 0 Å². The van der Waals surface area contributed by atoms with Crippen LogP contribution in [0.3, 0.4) is 0 Å². The Hall–Kier alpha value is -1.84. The van der Waals surface area contributed by atoms with Gasteiger partial charge in [0.15, 0.2) is 0 Å². The molecule has 4 nitrogen and oxygen atoms in total. The highest BCUT2D eigenvalue weighted by Crippen LogP contribution is 2.31. The Kier molecular flexibility index (Phi) is 4.55. The summed E-state index contributed by atoms with van der Waals surface area (Å²) in [6, 6.07) is 9.41. The third-order valence-corrected chi connectivity index (χ3v) is 3.61. The molecule has 0 unspecified atom stereocenters. The van der Waals surface area contributed by atoms with Gasteiger partial charge in [-0.1, -0.05) is 43.2 Å². The maximum absolute atomic E-state index is 12.0. The molecule has 1 aliphatic rings. The van der Waals surface area contributed by atoms with Crippen molar-refractivity contribution in [2.75, 3.05) is 0 Å². The summed E-state index contributed by atoms with van der Waals surface area (Å²) in [5, 5.41) is 9.14.